The van der Waals surface area contributed by atoms with Crippen molar-refractivity contribution in [2.75, 3.05) is 5.75 Å². The number of rotatable bonds is 6. The molecule has 0 aliphatic heterocycles. The minimum Gasteiger partial charge on any atom is -0.278 e. The van der Waals surface area contributed by atoms with E-state index in [0.29, 0.717) is 10.1 Å². The summed E-state index contributed by atoms with van der Waals surface area (Å²) < 4.78 is 64.5. The van der Waals surface area contributed by atoms with Gasteiger partial charge in [-0.2, -0.15) is 18.2 Å². The fraction of sp³-hybridized carbons (Fsp3) is 0.368. The first-order valence-electron chi connectivity index (χ1n) is 9.26. The standard InChI is InChI=1S/C19H18ClF3N4O3S/c1-3-31(29,30)13-7-4-12(5-8-13)6-9-14-17(28)27(11(2)19(21,22)23)16-15(25-14)10-24-18(20)26-16/h4-5,7-8,10-11H,3,6,9H2,1-2H3/t11-/m0/s1. The number of aryl methyl sites for hydroxylation is 2. The van der Waals surface area contributed by atoms with E-state index >= 15 is 0 Å². The Hall–Kier alpha value is -2.53. The lowest BCUT2D eigenvalue weighted by atomic mass is 10.1. The van der Waals surface area contributed by atoms with Crippen molar-refractivity contribution >= 4 is 32.6 Å². The molecule has 0 amide bonds. The van der Waals surface area contributed by atoms with E-state index in [1.165, 1.54) is 12.1 Å². The Kier molecular flexibility index (Phi) is 6.38. The molecule has 2 heterocycles. The molecule has 0 aliphatic rings. The normalized spacial score (nSPS) is 13.5. The number of fused-ring (bicyclic) bond motifs is 1. The maximum Gasteiger partial charge on any atom is 0.409 e. The van der Waals surface area contributed by atoms with Crippen molar-refractivity contribution in [1.82, 2.24) is 19.5 Å². The van der Waals surface area contributed by atoms with Crippen LogP contribution in [0.2, 0.25) is 5.28 Å². The number of halogens is 4. The van der Waals surface area contributed by atoms with Crippen molar-refractivity contribution in [3.8, 4) is 0 Å². The van der Waals surface area contributed by atoms with Crippen LogP contribution < -0.4 is 5.56 Å². The summed E-state index contributed by atoms with van der Waals surface area (Å²) >= 11 is 5.71. The van der Waals surface area contributed by atoms with Gasteiger partial charge in [0.15, 0.2) is 15.5 Å². The van der Waals surface area contributed by atoms with Gasteiger partial charge in [0, 0.05) is 0 Å². The van der Waals surface area contributed by atoms with Crippen molar-refractivity contribution in [2.45, 2.75) is 43.8 Å². The average molecular weight is 475 g/mol. The van der Waals surface area contributed by atoms with Crippen LogP contribution in [0.1, 0.15) is 31.1 Å². The Morgan fingerprint density at radius 3 is 2.35 bits per heavy atom. The number of sulfone groups is 1. The molecular weight excluding hydrogens is 457 g/mol. The highest BCUT2D eigenvalue weighted by Crippen LogP contribution is 2.30. The zero-order valence-electron chi connectivity index (χ0n) is 16.5. The lowest BCUT2D eigenvalue weighted by Gasteiger charge is -2.20. The lowest BCUT2D eigenvalue weighted by molar-refractivity contribution is -0.162. The molecule has 0 unspecified atom stereocenters. The Bertz CT molecular complexity index is 1280. The van der Waals surface area contributed by atoms with E-state index in [-0.39, 0.29) is 45.6 Å². The molecule has 1 aromatic carbocycles. The van der Waals surface area contributed by atoms with Crippen LogP contribution in [0.25, 0.3) is 11.2 Å². The Labute approximate surface area is 180 Å². The topological polar surface area (TPSA) is 94.8 Å². The summed E-state index contributed by atoms with van der Waals surface area (Å²) in [7, 11) is -3.34. The van der Waals surface area contributed by atoms with Gasteiger partial charge in [0.2, 0.25) is 5.28 Å². The Morgan fingerprint density at radius 2 is 1.77 bits per heavy atom. The van der Waals surface area contributed by atoms with E-state index in [1.807, 2.05) is 0 Å². The number of benzene rings is 1. The van der Waals surface area contributed by atoms with Crippen LogP contribution in [0.3, 0.4) is 0 Å². The predicted octanol–water partition coefficient (Wildman–Crippen LogP) is 3.54. The van der Waals surface area contributed by atoms with Gasteiger partial charge in [0.1, 0.15) is 17.3 Å². The molecule has 2 aromatic heterocycles. The molecular formula is C19H18ClF3N4O3S. The van der Waals surface area contributed by atoms with Crippen LogP contribution in [0, 0.1) is 0 Å². The fourth-order valence-corrected chi connectivity index (χ4v) is 4.00. The van der Waals surface area contributed by atoms with Gasteiger partial charge in [-0.15, -0.1) is 0 Å². The minimum absolute atomic E-state index is 0.0134. The summed E-state index contributed by atoms with van der Waals surface area (Å²) in [5.74, 6) is -0.0314. The molecule has 0 bridgehead atoms. The molecule has 0 radical (unpaired) electrons. The largest absolute Gasteiger partial charge is 0.409 e. The van der Waals surface area contributed by atoms with Crippen LogP contribution in [-0.2, 0) is 22.7 Å². The summed E-state index contributed by atoms with van der Waals surface area (Å²) in [4.78, 5) is 24.7. The molecule has 0 spiro atoms. The van der Waals surface area contributed by atoms with E-state index in [2.05, 4.69) is 15.0 Å². The third-order valence-corrected chi connectivity index (χ3v) is 6.78. The fourth-order valence-electron chi connectivity index (χ4n) is 2.99. The minimum atomic E-state index is -4.69. The third kappa shape index (κ3) is 4.87. The molecule has 0 aliphatic carbocycles. The molecule has 3 rings (SSSR count). The van der Waals surface area contributed by atoms with Crippen LogP contribution in [0.5, 0.6) is 0 Å². The molecule has 166 valence electrons. The molecule has 0 saturated heterocycles. The molecule has 31 heavy (non-hydrogen) atoms. The van der Waals surface area contributed by atoms with Crippen molar-refractivity contribution in [1.29, 1.82) is 0 Å². The number of nitrogens with zero attached hydrogens (tertiary/aromatic N) is 4. The van der Waals surface area contributed by atoms with Crippen LogP contribution in [0.4, 0.5) is 13.2 Å². The highest BCUT2D eigenvalue weighted by molar-refractivity contribution is 7.91. The monoisotopic (exact) mass is 474 g/mol. The second-order valence-electron chi connectivity index (χ2n) is 6.85. The van der Waals surface area contributed by atoms with Crippen LogP contribution in [0.15, 0.2) is 40.2 Å². The van der Waals surface area contributed by atoms with Gasteiger partial charge in [0.05, 0.1) is 16.8 Å². The molecule has 12 heteroatoms. The van der Waals surface area contributed by atoms with Crippen LogP contribution >= 0.6 is 11.6 Å². The molecule has 0 N–H and O–H groups in total. The predicted molar refractivity (Wildman–Crippen MR) is 109 cm³/mol. The summed E-state index contributed by atoms with van der Waals surface area (Å²) in [6, 6.07) is 3.98. The molecule has 3 aromatic rings. The maximum atomic E-state index is 13.4. The van der Waals surface area contributed by atoms with Gasteiger partial charge in [-0.1, -0.05) is 19.1 Å². The maximum absolute atomic E-state index is 13.4. The van der Waals surface area contributed by atoms with Gasteiger partial charge >= 0.3 is 6.18 Å². The first-order valence-corrected chi connectivity index (χ1v) is 11.3. The third-order valence-electron chi connectivity index (χ3n) is 4.84. The molecule has 7 nitrogen and oxygen atoms in total. The van der Waals surface area contributed by atoms with Gasteiger partial charge < -0.3 is 0 Å². The SMILES string of the molecule is CCS(=O)(=O)c1ccc(CCc2nc3cnc(Cl)nc3n([C@@H](C)C(F)(F)F)c2=O)cc1. The van der Waals surface area contributed by atoms with E-state index in [4.69, 9.17) is 11.6 Å². The van der Waals surface area contributed by atoms with E-state index < -0.39 is 27.6 Å². The van der Waals surface area contributed by atoms with Gasteiger partial charge in [-0.05, 0) is 49.1 Å². The van der Waals surface area contributed by atoms with E-state index in [1.54, 1.807) is 19.1 Å². The Morgan fingerprint density at radius 1 is 1.13 bits per heavy atom. The van der Waals surface area contributed by atoms with E-state index in [0.717, 1.165) is 13.1 Å². The first-order chi connectivity index (χ1) is 14.4. The van der Waals surface area contributed by atoms with E-state index in [9.17, 15) is 26.4 Å². The lowest BCUT2D eigenvalue weighted by Crippen LogP contribution is -2.35. The molecule has 1 atom stereocenters. The van der Waals surface area contributed by atoms with Crippen molar-refractivity contribution in [2.24, 2.45) is 0 Å². The second kappa shape index (κ2) is 8.54. The summed E-state index contributed by atoms with van der Waals surface area (Å²) in [6.07, 6.45) is -3.21. The highest BCUT2D eigenvalue weighted by atomic mass is 35.5. The summed E-state index contributed by atoms with van der Waals surface area (Å²) in [6.45, 7) is 2.39. The number of aromatic nitrogens is 4. The first kappa shape index (κ1) is 23.1. The number of alkyl halides is 3. The Balaban J connectivity index is 1.99. The zero-order valence-corrected chi connectivity index (χ0v) is 18.1. The van der Waals surface area contributed by atoms with Crippen LogP contribution in [-0.4, -0.2) is 39.9 Å². The number of hydrogen-bond acceptors (Lipinski definition) is 6. The van der Waals surface area contributed by atoms with Crippen molar-refractivity contribution < 1.29 is 21.6 Å². The quantitative estimate of drug-likeness (QED) is 0.507. The second-order valence-corrected chi connectivity index (χ2v) is 9.46. The summed E-state index contributed by atoms with van der Waals surface area (Å²) in [5, 5.41) is -0.299. The zero-order chi connectivity index (χ0) is 23.0. The van der Waals surface area contributed by atoms with Crippen molar-refractivity contribution in [3.05, 3.63) is 57.4 Å². The molecule has 0 saturated carbocycles. The van der Waals surface area contributed by atoms with Gasteiger partial charge in [-0.3, -0.25) is 9.36 Å². The molecule has 0 fully saturated rings. The van der Waals surface area contributed by atoms with Gasteiger partial charge in [-0.25, -0.2) is 18.4 Å². The highest BCUT2D eigenvalue weighted by Gasteiger charge is 2.39. The average Bonchev–Trinajstić information content (AvgIpc) is 2.71. The van der Waals surface area contributed by atoms with Crippen molar-refractivity contribution in [3.63, 3.8) is 0 Å². The van der Waals surface area contributed by atoms with Gasteiger partial charge in [0.25, 0.3) is 5.56 Å². The number of hydrogen-bond donors (Lipinski definition) is 0. The smallest absolute Gasteiger partial charge is 0.278 e. The summed E-state index contributed by atoms with van der Waals surface area (Å²) in [5.41, 5.74) is -0.580.